The molecular weight excluding hydrogens is 180 g/mol. The Bertz CT molecular complexity index is 354. The lowest BCUT2D eigenvalue weighted by atomic mass is 10.0. The Morgan fingerprint density at radius 1 is 1.14 bits per heavy atom. The van der Waals surface area contributed by atoms with Gasteiger partial charge >= 0.3 is 0 Å². The largest absolute Gasteiger partial charge is 0.300 e. The summed E-state index contributed by atoms with van der Waals surface area (Å²) in [5.74, 6) is 0.00454. The van der Waals surface area contributed by atoms with Crippen LogP contribution in [0, 0.1) is 0 Å². The molecule has 0 spiro atoms. The van der Waals surface area contributed by atoms with Gasteiger partial charge in [-0.25, -0.2) is 0 Å². The lowest BCUT2D eigenvalue weighted by Crippen LogP contribution is -1.98. The second-order valence-electron chi connectivity index (χ2n) is 3.12. The fourth-order valence-electron chi connectivity index (χ4n) is 1.27. The minimum atomic E-state index is 0.00454. The van der Waals surface area contributed by atoms with Gasteiger partial charge in [-0.2, -0.15) is 0 Å². The van der Waals surface area contributed by atoms with Crippen molar-refractivity contribution in [1.82, 2.24) is 0 Å². The minimum Gasteiger partial charge on any atom is -0.300 e. The van der Waals surface area contributed by atoms with Gasteiger partial charge in [0.2, 0.25) is 0 Å². The minimum absolute atomic E-state index is 0.00454. The van der Waals surface area contributed by atoms with Crippen molar-refractivity contribution in [2.45, 2.75) is 13.3 Å². The lowest BCUT2D eigenvalue weighted by molar-refractivity contribution is -0.116. The molecule has 0 aromatic heterocycles. The molecule has 0 bridgehead atoms. The van der Waals surface area contributed by atoms with Crippen molar-refractivity contribution < 1.29 is 14.4 Å². The van der Waals surface area contributed by atoms with E-state index in [1.807, 2.05) is 0 Å². The monoisotopic (exact) mass is 190 g/mol. The van der Waals surface area contributed by atoms with Gasteiger partial charge in [-0.1, -0.05) is 0 Å². The van der Waals surface area contributed by atoms with E-state index in [1.165, 1.54) is 13.0 Å². The zero-order chi connectivity index (χ0) is 10.6. The third-order valence-corrected chi connectivity index (χ3v) is 1.76. The Balaban J connectivity index is 3.09. The number of Topliss-reactive ketones (excluding diaryl/α,β-unsaturated/α-hetero) is 1. The Morgan fingerprint density at radius 2 is 1.64 bits per heavy atom. The van der Waals surface area contributed by atoms with E-state index in [-0.39, 0.29) is 12.2 Å². The first-order valence-corrected chi connectivity index (χ1v) is 4.19. The van der Waals surface area contributed by atoms with Crippen molar-refractivity contribution in [2.24, 2.45) is 0 Å². The van der Waals surface area contributed by atoms with Crippen molar-refractivity contribution in [1.29, 1.82) is 0 Å². The molecule has 0 radical (unpaired) electrons. The van der Waals surface area contributed by atoms with Gasteiger partial charge in [-0.3, -0.25) is 14.4 Å². The third-order valence-electron chi connectivity index (χ3n) is 1.76. The van der Waals surface area contributed by atoms with E-state index >= 15 is 0 Å². The van der Waals surface area contributed by atoms with Gasteiger partial charge in [-0.15, -0.1) is 0 Å². The number of hydrogen-bond acceptors (Lipinski definition) is 3. The van der Waals surface area contributed by atoms with Gasteiger partial charge < -0.3 is 0 Å². The lowest BCUT2D eigenvalue weighted by Gasteiger charge is -2.00. The van der Waals surface area contributed by atoms with Crippen LogP contribution in [0.2, 0.25) is 0 Å². The highest BCUT2D eigenvalue weighted by molar-refractivity contribution is 5.84. The summed E-state index contributed by atoms with van der Waals surface area (Å²) in [6.07, 6.45) is 1.58. The highest BCUT2D eigenvalue weighted by Crippen LogP contribution is 2.08. The second-order valence-corrected chi connectivity index (χ2v) is 3.12. The number of carbonyl (C=O) groups excluding carboxylic acids is 3. The van der Waals surface area contributed by atoms with Crippen molar-refractivity contribution in [2.75, 3.05) is 0 Å². The van der Waals surface area contributed by atoms with E-state index < -0.39 is 0 Å². The number of carbonyl (C=O) groups is 3. The highest BCUT2D eigenvalue weighted by atomic mass is 16.1. The molecule has 0 saturated heterocycles. The quantitative estimate of drug-likeness (QED) is 0.675. The standard InChI is InChI=1S/C11H10O3/c1-8(14)2-9-3-10(6-12)5-11(4-9)7-13/h3-7H,2H2,1H3. The summed E-state index contributed by atoms with van der Waals surface area (Å²) < 4.78 is 0. The molecule has 0 N–H and O–H groups in total. The molecule has 0 fully saturated rings. The smallest absolute Gasteiger partial charge is 0.150 e. The summed E-state index contributed by atoms with van der Waals surface area (Å²) in [5, 5.41) is 0. The van der Waals surface area contributed by atoms with Gasteiger partial charge in [0.05, 0.1) is 0 Å². The van der Waals surface area contributed by atoms with Crippen LogP contribution in [0.25, 0.3) is 0 Å². The van der Waals surface area contributed by atoms with E-state index in [2.05, 4.69) is 0 Å². The van der Waals surface area contributed by atoms with Crippen LogP contribution in [0.15, 0.2) is 18.2 Å². The van der Waals surface area contributed by atoms with Gasteiger partial charge in [0, 0.05) is 17.5 Å². The van der Waals surface area contributed by atoms with Crippen LogP contribution in [-0.4, -0.2) is 18.4 Å². The summed E-state index contributed by atoms with van der Waals surface area (Å²) in [5.41, 5.74) is 1.54. The molecule has 0 aliphatic rings. The molecule has 1 aromatic carbocycles. The maximum Gasteiger partial charge on any atom is 0.150 e. The maximum absolute atomic E-state index is 10.8. The average Bonchev–Trinajstić information content (AvgIpc) is 2.16. The predicted molar refractivity (Wildman–Crippen MR) is 51.6 cm³/mol. The number of ketones is 1. The van der Waals surface area contributed by atoms with Crippen LogP contribution in [-0.2, 0) is 11.2 Å². The normalized spacial score (nSPS) is 9.50. The van der Waals surface area contributed by atoms with Gasteiger partial charge in [0.1, 0.15) is 18.4 Å². The van der Waals surface area contributed by atoms with Gasteiger partial charge in [-0.05, 0) is 30.7 Å². The molecule has 14 heavy (non-hydrogen) atoms. The summed E-state index contributed by atoms with van der Waals surface area (Å²) >= 11 is 0. The Labute approximate surface area is 81.7 Å². The van der Waals surface area contributed by atoms with Crippen LogP contribution < -0.4 is 0 Å². The molecule has 3 heteroatoms. The zero-order valence-electron chi connectivity index (χ0n) is 7.82. The molecule has 0 atom stereocenters. The molecule has 0 saturated carbocycles. The van der Waals surface area contributed by atoms with E-state index in [0.717, 1.165) is 0 Å². The van der Waals surface area contributed by atoms with Crippen molar-refractivity contribution in [3.05, 3.63) is 34.9 Å². The van der Waals surface area contributed by atoms with Crippen LogP contribution >= 0.6 is 0 Å². The molecule has 0 unspecified atom stereocenters. The average molecular weight is 190 g/mol. The predicted octanol–water partition coefficient (Wildman–Crippen LogP) is 1.44. The molecule has 1 aromatic rings. The van der Waals surface area contributed by atoms with Gasteiger partial charge in [0.25, 0.3) is 0 Å². The number of rotatable bonds is 4. The topological polar surface area (TPSA) is 51.2 Å². The second kappa shape index (κ2) is 4.46. The highest BCUT2D eigenvalue weighted by Gasteiger charge is 2.02. The Kier molecular flexibility index (Phi) is 3.29. The van der Waals surface area contributed by atoms with Crippen LogP contribution in [0.1, 0.15) is 33.2 Å². The number of hydrogen-bond donors (Lipinski definition) is 0. The van der Waals surface area contributed by atoms with E-state index in [4.69, 9.17) is 0 Å². The Hall–Kier alpha value is -1.77. The molecule has 1 rings (SSSR count). The molecule has 72 valence electrons. The van der Waals surface area contributed by atoms with Crippen LogP contribution in [0.4, 0.5) is 0 Å². The van der Waals surface area contributed by atoms with Crippen LogP contribution in [0.5, 0.6) is 0 Å². The maximum atomic E-state index is 10.8. The fraction of sp³-hybridized carbons (Fsp3) is 0.182. The molecule has 0 aliphatic heterocycles. The Morgan fingerprint density at radius 3 is 2.00 bits per heavy atom. The zero-order valence-corrected chi connectivity index (χ0v) is 7.82. The number of benzene rings is 1. The first-order chi connectivity index (χ1) is 6.65. The van der Waals surface area contributed by atoms with E-state index in [1.54, 1.807) is 12.1 Å². The number of aldehydes is 2. The van der Waals surface area contributed by atoms with Crippen LogP contribution in [0.3, 0.4) is 0 Å². The fourth-order valence-corrected chi connectivity index (χ4v) is 1.27. The van der Waals surface area contributed by atoms with Crippen molar-refractivity contribution in [3.8, 4) is 0 Å². The molecule has 0 amide bonds. The summed E-state index contributed by atoms with van der Waals surface area (Å²) in [4.78, 5) is 31.9. The molecular formula is C11H10O3. The molecule has 3 nitrogen and oxygen atoms in total. The SMILES string of the molecule is CC(=O)Cc1cc(C=O)cc(C=O)c1. The summed E-state index contributed by atoms with van der Waals surface area (Å²) in [6, 6.07) is 4.71. The first-order valence-electron chi connectivity index (χ1n) is 4.19. The first kappa shape index (κ1) is 10.3. The molecule has 0 heterocycles. The van der Waals surface area contributed by atoms with Crippen molar-refractivity contribution >= 4 is 18.4 Å². The van der Waals surface area contributed by atoms with E-state index in [0.29, 0.717) is 29.3 Å². The molecule has 0 aliphatic carbocycles. The third kappa shape index (κ3) is 2.62. The summed E-state index contributed by atoms with van der Waals surface area (Å²) in [7, 11) is 0. The van der Waals surface area contributed by atoms with Crippen molar-refractivity contribution in [3.63, 3.8) is 0 Å². The summed E-state index contributed by atoms with van der Waals surface area (Å²) in [6.45, 7) is 1.47. The van der Waals surface area contributed by atoms with E-state index in [9.17, 15) is 14.4 Å². The van der Waals surface area contributed by atoms with Gasteiger partial charge in [0.15, 0.2) is 0 Å².